The van der Waals surface area contributed by atoms with Gasteiger partial charge < -0.3 is 66.9 Å². The average molecular weight is 820 g/mol. The van der Waals surface area contributed by atoms with Gasteiger partial charge in [-0.05, 0) is 45.4 Å². The van der Waals surface area contributed by atoms with Crippen LogP contribution in [0.25, 0.3) is 0 Å². The first-order valence-corrected chi connectivity index (χ1v) is 19.7. The summed E-state index contributed by atoms with van der Waals surface area (Å²) in [6.07, 6.45) is -0.614. The molecule has 11 N–H and O–H groups in total. The van der Waals surface area contributed by atoms with Crippen molar-refractivity contribution in [3.05, 3.63) is 0 Å². The molecule has 6 amide bonds. The number of carboxylic acid groups (broad SMARTS) is 1. The van der Waals surface area contributed by atoms with Gasteiger partial charge in [-0.3, -0.25) is 38.5 Å². The first-order valence-electron chi connectivity index (χ1n) is 19.7. The van der Waals surface area contributed by atoms with Crippen molar-refractivity contribution in [2.75, 3.05) is 72.1 Å². The molecule has 0 spiro atoms. The molecule has 1 heterocycles. The van der Waals surface area contributed by atoms with Crippen LogP contribution in [0.1, 0.15) is 84.0 Å². The van der Waals surface area contributed by atoms with Gasteiger partial charge in [0.05, 0.1) is 39.4 Å². The zero-order valence-corrected chi connectivity index (χ0v) is 33.0. The van der Waals surface area contributed by atoms with Crippen molar-refractivity contribution in [1.82, 2.24) is 36.8 Å². The van der Waals surface area contributed by atoms with Crippen molar-refractivity contribution in [1.29, 1.82) is 0 Å². The van der Waals surface area contributed by atoms with E-state index in [2.05, 4.69) is 31.9 Å². The lowest BCUT2D eigenvalue weighted by Gasteiger charge is -2.39. The van der Waals surface area contributed by atoms with E-state index in [1.807, 2.05) is 0 Å². The van der Waals surface area contributed by atoms with Crippen LogP contribution in [0.5, 0.6) is 0 Å². The summed E-state index contributed by atoms with van der Waals surface area (Å²) in [5.74, 6) is -2.74. The molecule has 0 bridgehead atoms. The topological polar surface area (TPSA) is 315 Å². The largest absolute Gasteiger partial charge is 0.481 e. The first-order chi connectivity index (χ1) is 27.3. The number of aliphatic hydroxyl groups is 4. The van der Waals surface area contributed by atoms with E-state index in [0.717, 1.165) is 6.42 Å². The van der Waals surface area contributed by atoms with Gasteiger partial charge in [0, 0.05) is 52.0 Å². The van der Waals surface area contributed by atoms with Crippen LogP contribution >= 0.6 is 0 Å². The fourth-order valence-corrected chi connectivity index (χ4v) is 5.57. The van der Waals surface area contributed by atoms with Gasteiger partial charge in [0.15, 0.2) is 6.29 Å². The number of likely N-dealkylation sites (N-methyl/N-ethyl adjacent to an activating group) is 1. The second kappa shape index (κ2) is 31.1. The molecule has 1 aliphatic heterocycles. The molecule has 1 saturated heterocycles. The predicted octanol–water partition coefficient (Wildman–Crippen LogP) is -3.41. The number of rotatable bonds is 32. The van der Waals surface area contributed by atoms with E-state index in [0.29, 0.717) is 84.0 Å². The minimum atomic E-state index is -1.60. The molecule has 0 aromatic rings. The lowest BCUT2D eigenvalue weighted by Crippen LogP contribution is -2.59. The maximum absolute atomic E-state index is 12.6. The number of carbonyl (C=O) groups is 7. The molecular formula is C36H65N7O14. The number of nitrogens with one attached hydrogen (secondary N) is 6. The van der Waals surface area contributed by atoms with E-state index in [1.54, 1.807) is 6.92 Å². The summed E-state index contributed by atoms with van der Waals surface area (Å²) >= 11 is 0. The number of ether oxygens (including phenoxy) is 2. The standard InChI is InChI=1S/C36H65N7O14/c1-2-37-29(48)21-43(23-31(50)41-18-19-56-36-35(55)34(54)33(53)25(24-44)57-36)22-30(49)40-17-10-3-6-12-26(45)38-15-9-4-7-13-27(46)42-20-28(47)39-16-11-5-8-14-32(51)52/h25,33-36,44,53-55H,2-24H2,1H3,(H,37,48)(H,38,45)(H,39,47)(H,40,49)(H,41,50)(H,42,46)(H,51,52)/t25-,33-,34+,35+,36+/m1/s1. The molecule has 0 unspecified atom stereocenters. The Hall–Kier alpha value is -3.99. The van der Waals surface area contributed by atoms with Gasteiger partial charge in [-0.25, -0.2) is 0 Å². The highest BCUT2D eigenvalue weighted by Gasteiger charge is 2.44. The van der Waals surface area contributed by atoms with Crippen LogP contribution in [0.4, 0.5) is 0 Å². The number of carboxylic acids is 1. The zero-order chi connectivity index (χ0) is 42.4. The van der Waals surface area contributed by atoms with Gasteiger partial charge in [-0.15, -0.1) is 0 Å². The van der Waals surface area contributed by atoms with Crippen LogP contribution in [0.15, 0.2) is 0 Å². The van der Waals surface area contributed by atoms with E-state index in [1.165, 1.54) is 4.90 Å². The average Bonchev–Trinajstić information content (AvgIpc) is 3.16. The van der Waals surface area contributed by atoms with Crippen LogP contribution in [-0.2, 0) is 43.0 Å². The van der Waals surface area contributed by atoms with E-state index in [4.69, 9.17) is 14.6 Å². The Morgan fingerprint density at radius 1 is 0.561 bits per heavy atom. The summed E-state index contributed by atoms with van der Waals surface area (Å²) in [4.78, 5) is 85.2. The Labute approximate surface area is 333 Å². The summed E-state index contributed by atoms with van der Waals surface area (Å²) < 4.78 is 10.6. The van der Waals surface area contributed by atoms with Gasteiger partial charge in [0.25, 0.3) is 0 Å². The van der Waals surface area contributed by atoms with Gasteiger partial charge in [-0.2, -0.15) is 0 Å². The lowest BCUT2D eigenvalue weighted by atomic mass is 9.99. The fraction of sp³-hybridized carbons (Fsp3) is 0.806. The number of unbranched alkanes of at least 4 members (excludes halogenated alkanes) is 6. The van der Waals surface area contributed by atoms with Crippen LogP contribution in [0.2, 0.25) is 0 Å². The quantitative estimate of drug-likeness (QED) is 0.0295. The van der Waals surface area contributed by atoms with E-state index in [9.17, 15) is 54.0 Å². The normalized spacial score (nSPS) is 19.0. The third kappa shape index (κ3) is 25.1. The van der Waals surface area contributed by atoms with Crippen molar-refractivity contribution in [2.45, 2.75) is 115 Å². The summed E-state index contributed by atoms with van der Waals surface area (Å²) in [6, 6.07) is 0. The highest BCUT2D eigenvalue weighted by Crippen LogP contribution is 2.21. The number of hydrogen-bond acceptors (Lipinski definition) is 14. The summed E-state index contributed by atoms with van der Waals surface area (Å²) in [7, 11) is 0. The molecule has 57 heavy (non-hydrogen) atoms. The number of nitrogens with zero attached hydrogens (tertiary/aromatic N) is 1. The molecule has 328 valence electrons. The molecule has 0 aliphatic carbocycles. The predicted molar refractivity (Wildman–Crippen MR) is 203 cm³/mol. The Kier molecular flexibility index (Phi) is 27.8. The third-order valence-corrected chi connectivity index (χ3v) is 8.67. The minimum Gasteiger partial charge on any atom is -0.481 e. The smallest absolute Gasteiger partial charge is 0.303 e. The third-order valence-electron chi connectivity index (χ3n) is 8.67. The number of hydrogen-bond donors (Lipinski definition) is 11. The zero-order valence-electron chi connectivity index (χ0n) is 33.0. The molecule has 1 aliphatic rings. The van der Waals surface area contributed by atoms with Crippen LogP contribution in [0, 0.1) is 0 Å². The second-order valence-electron chi connectivity index (χ2n) is 13.7. The summed E-state index contributed by atoms with van der Waals surface area (Å²) in [5.41, 5.74) is 0. The fourth-order valence-electron chi connectivity index (χ4n) is 5.57. The number of aliphatic hydroxyl groups excluding tert-OH is 4. The Bertz CT molecular complexity index is 1230. The molecule has 5 atom stereocenters. The molecule has 1 fully saturated rings. The van der Waals surface area contributed by atoms with Crippen molar-refractivity contribution in [3.8, 4) is 0 Å². The highest BCUT2D eigenvalue weighted by molar-refractivity contribution is 5.85. The maximum Gasteiger partial charge on any atom is 0.303 e. The minimum absolute atomic E-state index is 0.0413. The van der Waals surface area contributed by atoms with Crippen LogP contribution in [-0.4, -0.2) is 175 Å². The molecule has 21 heteroatoms. The molecular weight excluding hydrogens is 754 g/mol. The molecule has 21 nitrogen and oxygen atoms in total. The molecule has 0 radical (unpaired) electrons. The molecule has 0 aromatic heterocycles. The first kappa shape index (κ1) is 51.0. The highest BCUT2D eigenvalue weighted by atomic mass is 16.7. The van der Waals surface area contributed by atoms with Gasteiger partial charge >= 0.3 is 5.97 Å². The molecule has 0 saturated carbocycles. The SMILES string of the molecule is CCNC(=O)CN(CC(=O)NCCCCCC(=O)NCCCCCC(=O)NCC(=O)NCCCCCC(=O)O)CC(=O)NCCO[C@H]1O[C@H](CO)[C@@H](O)[C@H](O)[C@@H]1O. The van der Waals surface area contributed by atoms with Crippen molar-refractivity contribution in [3.63, 3.8) is 0 Å². The van der Waals surface area contributed by atoms with Crippen LogP contribution < -0.4 is 31.9 Å². The number of aliphatic carboxylic acids is 1. The van der Waals surface area contributed by atoms with Gasteiger partial charge in [-0.1, -0.05) is 19.3 Å². The Morgan fingerprint density at radius 2 is 1.04 bits per heavy atom. The van der Waals surface area contributed by atoms with E-state index < -0.39 is 55.1 Å². The maximum atomic E-state index is 12.6. The second-order valence-corrected chi connectivity index (χ2v) is 13.7. The lowest BCUT2D eigenvalue weighted by molar-refractivity contribution is -0.300. The van der Waals surface area contributed by atoms with E-state index >= 15 is 0 Å². The van der Waals surface area contributed by atoms with Crippen LogP contribution in [0.3, 0.4) is 0 Å². The van der Waals surface area contributed by atoms with Gasteiger partial charge in [0.2, 0.25) is 35.4 Å². The molecule has 1 rings (SSSR count). The van der Waals surface area contributed by atoms with Crippen molar-refractivity contribution in [2.24, 2.45) is 0 Å². The van der Waals surface area contributed by atoms with Crippen molar-refractivity contribution >= 4 is 41.4 Å². The summed E-state index contributed by atoms with van der Waals surface area (Å²) in [6.45, 7) is 1.72. The number of amides is 6. The Balaban J connectivity index is 2.17. The summed E-state index contributed by atoms with van der Waals surface area (Å²) in [5, 5.41) is 63.7. The van der Waals surface area contributed by atoms with Gasteiger partial charge in [0.1, 0.15) is 24.4 Å². The molecule has 0 aromatic carbocycles. The monoisotopic (exact) mass is 819 g/mol. The Morgan fingerprint density at radius 3 is 1.56 bits per heavy atom. The number of carbonyl (C=O) groups excluding carboxylic acids is 6. The van der Waals surface area contributed by atoms with Crippen molar-refractivity contribution < 1.29 is 68.6 Å². The van der Waals surface area contributed by atoms with E-state index in [-0.39, 0.29) is 75.8 Å².